The first-order valence-corrected chi connectivity index (χ1v) is 8.61. The first-order chi connectivity index (χ1) is 11.5. The van der Waals surface area contributed by atoms with Crippen LogP contribution in [0.2, 0.25) is 0 Å². The summed E-state index contributed by atoms with van der Waals surface area (Å²) in [4.78, 5) is 14.7. The zero-order valence-electron chi connectivity index (χ0n) is 15.4. The molecule has 0 atom stereocenters. The lowest BCUT2D eigenvalue weighted by molar-refractivity contribution is 0.0946. The molecule has 0 aliphatic heterocycles. The highest BCUT2D eigenvalue weighted by molar-refractivity contribution is 5.99. The second kappa shape index (κ2) is 8.15. The molecule has 2 aromatic rings. The number of ether oxygens (including phenoxy) is 1. The molecule has 0 fully saturated rings. The molecule has 1 aromatic carbocycles. The topological polar surface area (TPSA) is 34.5 Å². The minimum Gasteiger partial charge on any atom is -0.494 e. The Morgan fingerprint density at radius 2 is 1.83 bits per heavy atom. The SMILES string of the molecule is CCCN(C)CC(=O)c1cc(C)n(-c2ccc(OCC)cc2)c1C. The fourth-order valence-electron chi connectivity index (χ4n) is 3.09. The predicted molar refractivity (Wildman–Crippen MR) is 98.5 cm³/mol. The first kappa shape index (κ1) is 18.3. The maximum absolute atomic E-state index is 12.6. The Balaban J connectivity index is 2.26. The standard InChI is InChI=1S/C20H28N2O2/c1-6-12-21(5)14-20(23)19-13-15(3)22(16(19)4)17-8-10-18(11-9-17)24-7-2/h8-11,13H,6-7,12,14H2,1-5H3. The van der Waals surface area contributed by atoms with Crippen LogP contribution in [-0.4, -0.2) is 42.0 Å². The fourth-order valence-corrected chi connectivity index (χ4v) is 3.09. The average molecular weight is 328 g/mol. The van der Waals surface area contributed by atoms with E-state index in [0.717, 1.165) is 41.4 Å². The van der Waals surface area contributed by atoms with E-state index in [0.29, 0.717) is 13.2 Å². The van der Waals surface area contributed by atoms with Gasteiger partial charge in [0, 0.05) is 22.6 Å². The number of hydrogen-bond donors (Lipinski definition) is 0. The monoisotopic (exact) mass is 328 g/mol. The molecule has 4 heteroatoms. The van der Waals surface area contributed by atoms with Gasteiger partial charge >= 0.3 is 0 Å². The van der Waals surface area contributed by atoms with Crippen LogP contribution >= 0.6 is 0 Å². The molecule has 0 spiro atoms. The van der Waals surface area contributed by atoms with E-state index in [4.69, 9.17) is 4.74 Å². The van der Waals surface area contributed by atoms with Crippen molar-refractivity contribution in [2.45, 2.75) is 34.1 Å². The van der Waals surface area contributed by atoms with Crippen molar-refractivity contribution in [3.8, 4) is 11.4 Å². The lowest BCUT2D eigenvalue weighted by Crippen LogP contribution is -2.26. The highest BCUT2D eigenvalue weighted by Gasteiger charge is 2.17. The van der Waals surface area contributed by atoms with Gasteiger partial charge in [-0.15, -0.1) is 0 Å². The summed E-state index contributed by atoms with van der Waals surface area (Å²) in [5, 5.41) is 0. The predicted octanol–water partition coefficient (Wildman–Crippen LogP) is 4.02. The summed E-state index contributed by atoms with van der Waals surface area (Å²) in [6.07, 6.45) is 1.05. The van der Waals surface area contributed by atoms with Gasteiger partial charge < -0.3 is 9.30 Å². The summed E-state index contributed by atoms with van der Waals surface area (Å²) < 4.78 is 7.63. The molecule has 2 rings (SSSR count). The molecule has 0 saturated carbocycles. The van der Waals surface area contributed by atoms with Gasteiger partial charge in [-0.3, -0.25) is 9.69 Å². The van der Waals surface area contributed by atoms with Gasteiger partial charge in [0.25, 0.3) is 0 Å². The van der Waals surface area contributed by atoms with Crippen LogP contribution in [0, 0.1) is 13.8 Å². The zero-order chi connectivity index (χ0) is 17.7. The lowest BCUT2D eigenvalue weighted by Gasteiger charge is -2.14. The zero-order valence-corrected chi connectivity index (χ0v) is 15.4. The molecule has 0 saturated heterocycles. The van der Waals surface area contributed by atoms with Crippen molar-refractivity contribution in [3.63, 3.8) is 0 Å². The number of rotatable bonds is 8. The second-order valence-corrected chi connectivity index (χ2v) is 6.21. The number of Topliss-reactive ketones (excluding diaryl/α,β-unsaturated/α-hetero) is 1. The number of aryl methyl sites for hydroxylation is 1. The van der Waals surface area contributed by atoms with Crippen LogP contribution in [0.25, 0.3) is 5.69 Å². The highest BCUT2D eigenvalue weighted by Crippen LogP contribution is 2.23. The third-order valence-corrected chi connectivity index (χ3v) is 4.16. The van der Waals surface area contributed by atoms with Crippen molar-refractivity contribution >= 4 is 5.78 Å². The van der Waals surface area contributed by atoms with Gasteiger partial charge in [0.15, 0.2) is 5.78 Å². The normalized spacial score (nSPS) is 11.1. The Kier molecular flexibility index (Phi) is 6.21. The summed E-state index contributed by atoms with van der Waals surface area (Å²) in [5.41, 5.74) is 3.92. The Hall–Kier alpha value is -2.07. The number of benzene rings is 1. The van der Waals surface area contributed by atoms with E-state index in [1.807, 2.05) is 58.2 Å². The van der Waals surface area contributed by atoms with Crippen LogP contribution in [0.1, 0.15) is 42.0 Å². The van der Waals surface area contributed by atoms with Gasteiger partial charge in [-0.05, 0) is 71.1 Å². The van der Waals surface area contributed by atoms with Crippen LogP contribution in [0.5, 0.6) is 5.75 Å². The largest absolute Gasteiger partial charge is 0.494 e. The van der Waals surface area contributed by atoms with Crippen LogP contribution in [-0.2, 0) is 0 Å². The molecular formula is C20H28N2O2. The number of ketones is 1. The summed E-state index contributed by atoms with van der Waals surface area (Å²) in [5.74, 6) is 1.04. The molecule has 0 bridgehead atoms. The molecule has 1 aromatic heterocycles. The van der Waals surface area contributed by atoms with E-state index < -0.39 is 0 Å². The maximum atomic E-state index is 12.6. The number of likely N-dealkylation sites (N-methyl/N-ethyl adjacent to an activating group) is 1. The maximum Gasteiger partial charge on any atom is 0.178 e. The molecule has 1 heterocycles. The first-order valence-electron chi connectivity index (χ1n) is 8.61. The molecule has 0 unspecified atom stereocenters. The Labute approximate surface area is 145 Å². The summed E-state index contributed by atoms with van der Waals surface area (Å²) in [7, 11) is 1.99. The van der Waals surface area contributed by atoms with E-state index in [1.165, 1.54) is 0 Å². The Bertz CT molecular complexity index is 686. The van der Waals surface area contributed by atoms with Crippen molar-refractivity contribution < 1.29 is 9.53 Å². The van der Waals surface area contributed by atoms with Gasteiger partial charge in [-0.2, -0.15) is 0 Å². The van der Waals surface area contributed by atoms with Crippen LogP contribution < -0.4 is 4.74 Å². The summed E-state index contributed by atoms with van der Waals surface area (Å²) >= 11 is 0. The van der Waals surface area contributed by atoms with Crippen molar-refractivity contribution in [2.75, 3.05) is 26.7 Å². The van der Waals surface area contributed by atoms with E-state index in [1.54, 1.807) is 0 Å². The van der Waals surface area contributed by atoms with Crippen LogP contribution in [0.4, 0.5) is 0 Å². The van der Waals surface area contributed by atoms with Crippen molar-refractivity contribution in [1.29, 1.82) is 0 Å². The van der Waals surface area contributed by atoms with E-state index in [9.17, 15) is 4.79 Å². The van der Waals surface area contributed by atoms with Gasteiger partial charge in [0.05, 0.1) is 13.2 Å². The number of aromatic nitrogens is 1. The average Bonchev–Trinajstić information content (AvgIpc) is 2.84. The number of nitrogens with zero attached hydrogens (tertiary/aromatic N) is 2. The third kappa shape index (κ3) is 4.06. The molecule has 0 radical (unpaired) electrons. The third-order valence-electron chi connectivity index (χ3n) is 4.16. The lowest BCUT2D eigenvalue weighted by atomic mass is 10.1. The molecule has 0 aliphatic rings. The Morgan fingerprint density at radius 3 is 2.42 bits per heavy atom. The van der Waals surface area contributed by atoms with Crippen molar-refractivity contribution in [1.82, 2.24) is 9.47 Å². The molecule has 0 N–H and O–H groups in total. The molecule has 24 heavy (non-hydrogen) atoms. The van der Waals surface area contributed by atoms with Gasteiger partial charge in [-0.1, -0.05) is 6.92 Å². The molecule has 130 valence electrons. The summed E-state index contributed by atoms with van der Waals surface area (Å²) in [6.45, 7) is 10.2. The van der Waals surface area contributed by atoms with Crippen LogP contribution in [0.3, 0.4) is 0 Å². The fraction of sp³-hybridized carbons (Fsp3) is 0.450. The van der Waals surface area contributed by atoms with Crippen LogP contribution in [0.15, 0.2) is 30.3 Å². The minimum absolute atomic E-state index is 0.177. The molecule has 0 amide bonds. The second-order valence-electron chi connectivity index (χ2n) is 6.21. The molecular weight excluding hydrogens is 300 g/mol. The van der Waals surface area contributed by atoms with E-state index in [2.05, 4.69) is 16.4 Å². The molecule has 4 nitrogen and oxygen atoms in total. The van der Waals surface area contributed by atoms with Crippen molar-refractivity contribution in [3.05, 3.63) is 47.3 Å². The number of carbonyl (C=O) groups is 1. The van der Waals surface area contributed by atoms with E-state index >= 15 is 0 Å². The minimum atomic E-state index is 0.177. The highest BCUT2D eigenvalue weighted by atomic mass is 16.5. The quantitative estimate of drug-likeness (QED) is 0.687. The smallest absolute Gasteiger partial charge is 0.178 e. The number of hydrogen-bond acceptors (Lipinski definition) is 3. The summed E-state index contributed by atoms with van der Waals surface area (Å²) in [6, 6.07) is 9.99. The van der Waals surface area contributed by atoms with Gasteiger partial charge in [0.1, 0.15) is 5.75 Å². The van der Waals surface area contributed by atoms with Crippen molar-refractivity contribution in [2.24, 2.45) is 0 Å². The molecule has 0 aliphatic carbocycles. The Morgan fingerprint density at radius 1 is 1.17 bits per heavy atom. The van der Waals surface area contributed by atoms with Gasteiger partial charge in [-0.25, -0.2) is 0 Å². The number of carbonyl (C=O) groups excluding carboxylic acids is 1. The van der Waals surface area contributed by atoms with E-state index in [-0.39, 0.29) is 5.78 Å². The van der Waals surface area contributed by atoms with Gasteiger partial charge in [0.2, 0.25) is 0 Å².